The Kier molecular flexibility index (Phi) is 7.98. The first-order valence-corrected chi connectivity index (χ1v) is 5.83. The van der Waals surface area contributed by atoms with Crippen LogP contribution in [0.2, 0.25) is 0 Å². The lowest BCUT2D eigenvalue weighted by molar-refractivity contribution is 0.264. The van der Waals surface area contributed by atoms with Gasteiger partial charge in [0.15, 0.2) is 0 Å². The highest BCUT2D eigenvalue weighted by Crippen LogP contribution is 2.26. The van der Waals surface area contributed by atoms with Crippen molar-refractivity contribution in [1.82, 2.24) is 5.32 Å². The van der Waals surface area contributed by atoms with Gasteiger partial charge in [-0.05, 0) is 51.0 Å². The standard InChI is InChI=1S/C11H22N2.2ClH/c12-10-4-6-11(7-5-10)13-8-9-2-1-3-9;;/h9-11,13H,1-8,12H2;2*1H. The van der Waals surface area contributed by atoms with Crippen LogP contribution in [-0.2, 0) is 0 Å². The lowest BCUT2D eigenvalue weighted by Crippen LogP contribution is -2.40. The Hall–Kier alpha value is 0.500. The molecule has 2 fully saturated rings. The molecule has 0 aromatic heterocycles. The SMILES string of the molecule is Cl.Cl.NC1CCC(NCC2CCC2)CC1. The van der Waals surface area contributed by atoms with Crippen LogP contribution in [0.1, 0.15) is 44.9 Å². The molecule has 0 radical (unpaired) electrons. The third-order valence-electron chi connectivity index (χ3n) is 3.69. The van der Waals surface area contributed by atoms with E-state index in [1.54, 1.807) is 0 Å². The minimum atomic E-state index is 0. The fourth-order valence-corrected chi connectivity index (χ4v) is 2.35. The highest BCUT2D eigenvalue weighted by atomic mass is 35.5. The van der Waals surface area contributed by atoms with Gasteiger partial charge >= 0.3 is 0 Å². The van der Waals surface area contributed by atoms with E-state index in [0.29, 0.717) is 6.04 Å². The average Bonchev–Trinajstić information content (AvgIpc) is 2.05. The van der Waals surface area contributed by atoms with E-state index in [-0.39, 0.29) is 24.8 Å². The van der Waals surface area contributed by atoms with Crippen LogP contribution in [0.15, 0.2) is 0 Å². The van der Waals surface area contributed by atoms with E-state index in [1.165, 1.54) is 51.5 Å². The molecule has 0 amide bonds. The molecule has 0 heterocycles. The zero-order valence-corrected chi connectivity index (χ0v) is 10.9. The molecule has 4 heteroatoms. The predicted octanol–water partition coefficient (Wildman–Crippen LogP) is 2.49. The van der Waals surface area contributed by atoms with Gasteiger partial charge in [0.25, 0.3) is 0 Å². The Morgan fingerprint density at radius 2 is 1.53 bits per heavy atom. The fourth-order valence-electron chi connectivity index (χ4n) is 2.35. The Balaban J connectivity index is 0.000000980. The van der Waals surface area contributed by atoms with Crippen molar-refractivity contribution in [2.75, 3.05) is 6.54 Å². The van der Waals surface area contributed by atoms with Crippen molar-refractivity contribution in [3.63, 3.8) is 0 Å². The van der Waals surface area contributed by atoms with Crippen molar-refractivity contribution in [3.8, 4) is 0 Å². The summed E-state index contributed by atoms with van der Waals surface area (Å²) in [5, 5.41) is 3.69. The molecule has 2 aliphatic carbocycles. The summed E-state index contributed by atoms with van der Waals surface area (Å²) in [6, 6.07) is 1.27. The highest BCUT2D eigenvalue weighted by Gasteiger charge is 2.21. The Bertz CT molecular complexity index is 155. The van der Waals surface area contributed by atoms with E-state index in [2.05, 4.69) is 5.32 Å². The molecule has 0 aromatic carbocycles. The van der Waals surface area contributed by atoms with Crippen molar-refractivity contribution in [2.45, 2.75) is 57.0 Å². The number of halogens is 2. The van der Waals surface area contributed by atoms with E-state index in [4.69, 9.17) is 5.73 Å². The second-order valence-corrected chi connectivity index (χ2v) is 4.82. The monoisotopic (exact) mass is 254 g/mol. The summed E-state index contributed by atoms with van der Waals surface area (Å²) < 4.78 is 0. The van der Waals surface area contributed by atoms with E-state index in [0.717, 1.165) is 12.0 Å². The number of rotatable bonds is 3. The molecule has 3 N–H and O–H groups in total. The van der Waals surface area contributed by atoms with Gasteiger partial charge in [0, 0.05) is 12.1 Å². The van der Waals surface area contributed by atoms with Crippen LogP contribution in [0.3, 0.4) is 0 Å². The molecule has 15 heavy (non-hydrogen) atoms. The highest BCUT2D eigenvalue weighted by molar-refractivity contribution is 5.85. The van der Waals surface area contributed by atoms with Crippen LogP contribution in [0.5, 0.6) is 0 Å². The summed E-state index contributed by atoms with van der Waals surface area (Å²) in [4.78, 5) is 0. The molecule has 2 nitrogen and oxygen atoms in total. The Morgan fingerprint density at radius 3 is 2.00 bits per heavy atom. The van der Waals surface area contributed by atoms with Crippen molar-refractivity contribution in [3.05, 3.63) is 0 Å². The lowest BCUT2D eigenvalue weighted by atomic mass is 9.84. The predicted molar refractivity (Wildman–Crippen MR) is 70.1 cm³/mol. The third-order valence-corrected chi connectivity index (χ3v) is 3.69. The molecule has 2 saturated carbocycles. The van der Waals surface area contributed by atoms with Crippen LogP contribution in [0.4, 0.5) is 0 Å². The molecule has 0 atom stereocenters. The van der Waals surface area contributed by atoms with Crippen molar-refractivity contribution in [2.24, 2.45) is 11.7 Å². The van der Waals surface area contributed by atoms with Gasteiger partial charge < -0.3 is 11.1 Å². The minimum Gasteiger partial charge on any atom is -0.328 e. The van der Waals surface area contributed by atoms with E-state index < -0.39 is 0 Å². The molecule has 0 saturated heterocycles. The minimum absolute atomic E-state index is 0. The second kappa shape index (κ2) is 7.72. The van der Waals surface area contributed by atoms with Gasteiger partial charge in [0.1, 0.15) is 0 Å². The summed E-state index contributed by atoms with van der Waals surface area (Å²) in [5.74, 6) is 0.996. The average molecular weight is 255 g/mol. The molecule has 92 valence electrons. The van der Waals surface area contributed by atoms with Gasteiger partial charge in [0.05, 0.1) is 0 Å². The largest absolute Gasteiger partial charge is 0.328 e. The molecule has 2 aliphatic rings. The van der Waals surface area contributed by atoms with Crippen molar-refractivity contribution < 1.29 is 0 Å². The van der Waals surface area contributed by atoms with Gasteiger partial charge in [0.2, 0.25) is 0 Å². The van der Waals surface area contributed by atoms with Crippen LogP contribution >= 0.6 is 24.8 Å². The summed E-state index contributed by atoms with van der Waals surface area (Å²) in [6.07, 6.45) is 9.42. The maximum Gasteiger partial charge on any atom is 0.00683 e. The maximum atomic E-state index is 5.86. The van der Waals surface area contributed by atoms with Crippen LogP contribution in [0, 0.1) is 5.92 Å². The molecule has 0 unspecified atom stereocenters. The second-order valence-electron chi connectivity index (χ2n) is 4.82. The van der Waals surface area contributed by atoms with E-state index in [1.807, 2.05) is 0 Å². The summed E-state index contributed by atoms with van der Waals surface area (Å²) >= 11 is 0. The summed E-state index contributed by atoms with van der Waals surface area (Å²) in [5.41, 5.74) is 5.86. The lowest BCUT2D eigenvalue weighted by Gasteiger charge is -2.31. The van der Waals surface area contributed by atoms with Gasteiger partial charge in [-0.15, -0.1) is 24.8 Å². The molecule has 0 aliphatic heterocycles. The van der Waals surface area contributed by atoms with Gasteiger partial charge in [-0.1, -0.05) is 6.42 Å². The molecule has 0 spiro atoms. The van der Waals surface area contributed by atoms with E-state index >= 15 is 0 Å². The summed E-state index contributed by atoms with van der Waals surface area (Å²) in [6.45, 7) is 1.26. The maximum absolute atomic E-state index is 5.86. The van der Waals surface area contributed by atoms with Gasteiger partial charge in [-0.3, -0.25) is 0 Å². The first kappa shape index (κ1) is 15.5. The first-order valence-electron chi connectivity index (χ1n) is 5.83. The Morgan fingerprint density at radius 1 is 0.933 bits per heavy atom. The quantitative estimate of drug-likeness (QED) is 0.813. The zero-order valence-electron chi connectivity index (χ0n) is 9.28. The van der Waals surface area contributed by atoms with Crippen molar-refractivity contribution in [1.29, 1.82) is 0 Å². The number of hydrogen-bond donors (Lipinski definition) is 2. The number of hydrogen-bond acceptors (Lipinski definition) is 2. The van der Waals surface area contributed by atoms with Gasteiger partial charge in [-0.2, -0.15) is 0 Å². The smallest absolute Gasteiger partial charge is 0.00683 e. The van der Waals surface area contributed by atoms with Gasteiger partial charge in [-0.25, -0.2) is 0 Å². The first-order chi connectivity index (χ1) is 6.34. The molecule has 0 bridgehead atoms. The Labute approximate surface area is 106 Å². The van der Waals surface area contributed by atoms with Crippen LogP contribution in [0.25, 0.3) is 0 Å². The normalized spacial score (nSPS) is 31.0. The van der Waals surface area contributed by atoms with E-state index in [9.17, 15) is 0 Å². The topological polar surface area (TPSA) is 38.0 Å². The molecular formula is C11H24Cl2N2. The zero-order chi connectivity index (χ0) is 9.10. The van der Waals surface area contributed by atoms with Crippen LogP contribution < -0.4 is 11.1 Å². The van der Waals surface area contributed by atoms with Crippen molar-refractivity contribution >= 4 is 24.8 Å². The summed E-state index contributed by atoms with van der Waals surface area (Å²) in [7, 11) is 0. The molecule has 0 aromatic rings. The fraction of sp³-hybridized carbons (Fsp3) is 1.00. The number of nitrogens with two attached hydrogens (primary N) is 1. The van der Waals surface area contributed by atoms with Crippen LogP contribution in [-0.4, -0.2) is 18.6 Å². The molecule has 2 rings (SSSR count). The number of nitrogens with one attached hydrogen (secondary N) is 1. The molecular weight excluding hydrogens is 231 g/mol. The third kappa shape index (κ3) is 4.90.